The van der Waals surface area contributed by atoms with Crippen LogP contribution in [0.15, 0.2) is 35.9 Å². The van der Waals surface area contributed by atoms with Crippen LogP contribution in [0.25, 0.3) is 5.57 Å². The first-order valence-corrected chi connectivity index (χ1v) is 6.46. The molecule has 0 unspecified atom stereocenters. The molecule has 0 saturated heterocycles. The lowest BCUT2D eigenvalue weighted by Gasteiger charge is -2.27. The molecule has 1 aromatic carbocycles. The standard InChI is InChI=1S/C16H22/c1-12(2)15-10-9-13(3)11-16(15)14-7-5-4-6-8-14/h4-8,12-13H,9-11H2,1-3H3/t13-/m1/s1. The van der Waals surface area contributed by atoms with Crippen molar-refractivity contribution in [2.75, 3.05) is 0 Å². The summed E-state index contributed by atoms with van der Waals surface area (Å²) in [5.41, 5.74) is 4.75. The largest absolute Gasteiger partial charge is 0.0638 e. The second kappa shape index (κ2) is 4.86. The molecule has 0 saturated carbocycles. The maximum Gasteiger partial charge on any atom is -0.0225 e. The van der Waals surface area contributed by atoms with Gasteiger partial charge in [-0.2, -0.15) is 0 Å². The van der Waals surface area contributed by atoms with E-state index >= 15 is 0 Å². The summed E-state index contributed by atoms with van der Waals surface area (Å²) in [6.45, 7) is 7.03. The molecule has 0 aliphatic heterocycles. The highest BCUT2D eigenvalue weighted by Gasteiger charge is 2.20. The molecule has 86 valence electrons. The minimum atomic E-state index is 0.697. The maximum absolute atomic E-state index is 2.38. The van der Waals surface area contributed by atoms with Crippen molar-refractivity contribution in [3.05, 3.63) is 41.5 Å². The van der Waals surface area contributed by atoms with Gasteiger partial charge in [-0.3, -0.25) is 0 Å². The van der Waals surface area contributed by atoms with Crippen molar-refractivity contribution in [3.8, 4) is 0 Å². The summed E-state index contributed by atoms with van der Waals surface area (Å²) in [4.78, 5) is 0. The molecule has 0 heteroatoms. The number of rotatable bonds is 2. The van der Waals surface area contributed by atoms with Gasteiger partial charge in [-0.05, 0) is 42.2 Å². The van der Waals surface area contributed by atoms with Crippen molar-refractivity contribution in [1.29, 1.82) is 0 Å². The summed E-state index contributed by atoms with van der Waals surface area (Å²) < 4.78 is 0. The molecule has 1 atom stereocenters. The van der Waals surface area contributed by atoms with Gasteiger partial charge in [-0.1, -0.05) is 56.7 Å². The summed E-state index contributed by atoms with van der Waals surface area (Å²) in [5, 5.41) is 0. The van der Waals surface area contributed by atoms with Gasteiger partial charge in [0.1, 0.15) is 0 Å². The van der Waals surface area contributed by atoms with Gasteiger partial charge in [0.15, 0.2) is 0 Å². The highest BCUT2D eigenvalue weighted by molar-refractivity contribution is 5.69. The number of allylic oxidation sites excluding steroid dienone is 2. The van der Waals surface area contributed by atoms with E-state index in [0.29, 0.717) is 5.92 Å². The molecule has 1 aromatic rings. The fourth-order valence-electron chi connectivity index (χ4n) is 2.71. The Balaban J connectivity index is 2.40. The van der Waals surface area contributed by atoms with Crippen molar-refractivity contribution in [3.63, 3.8) is 0 Å². The molecule has 1 aliphatic rings. The molecule has 0 bridgehead atoms. The molecule has 0 N–H and O–H groups in total. The number of hydrogen-bond acceptors (Lipinski definition) is 0. The van der Waals surface area contributed by atoms with Crippen LogP contribution in [0.3, 0.4) is 0 Å². The first-order valence-electron chi connectivity index (χ1n) is 6.46. The van der Waals surface area contributed by atoms with Gasteiger partial charge < -0.3 is 0 Å². The zero-order valence-corrected chi connectivity index (χ0v) is 10.7. The van der Waals surface area contributed by atoms with Gasteiger partial charge in [-0.15, -0.1) is 0 Å². The first kappa shape index (κ1) is 11.4. The SMILES string of the molecule is CC(C)C1=C(c2ccccc2)C[C@H](C)CC1. The Hall–Kier alpha value is -1.04. The van der Waals surface area contributed by atoms with Crippen molar-refractivity contribution < 1.29 is 0 Å². The van der Waals surface area contributed by atoms with Gasteiger partial charge in [0, 0.05) is 0 Å². The third-order valence-electron chi connectivity index (χ3n) is 3.67. The lowest BCUT2D eigenvalue weighted by atomic mass is 9.78. The van der Waals surface area contributed by atoms with E-state index < -0.39 is 0 Å². The van der Waals surface area contributed by atoms with Crippen molar-refractivity contribution in [2.45, 2.75) is 40.0 Å². The van der Waals surface area contributed by atoms with Crippen LogP contribution in [0.1, 0.15) is 45.6 Å². The molecule has 0 fully saturated rings. The molecular formula is C16H22. The van der Waals surface area contributed by atoms with Gasteiger partial charge >= 0.3 is 0 Å². The Kier molecular flexibility index (Phi) is 3.48. The van der Waals surface area contributed by atoms with E-state index in [-0.39, 0.29) is 0 Å². The van der Waals surface area contributed by atoms with Crippen LogP contribution >= 0.6 is 0 Å². The predicted octanol–water partition coefficient (Wildman–Crippen LogP) is 4.92. The maximum atomic E-state index is 2.38. The van der Waals surface area contributed by atoms with E-state index in [9.17, 15) is 0 Å². The average Bonchev–Trinajstić information content (AvgIpc) is 2.29. The number of benzene rings is 1. The van der Waals surface area contributed by atoms with Crippen molar-refractivity contribution in [2.24, 2.45) is 11.8 Å². The Morgan fingerprint density at radius 3 is 2.44 bits per heavy atom. The Morgan fingerprint density at radius 1 is 1.12 bits per heavy atom. The molecule has 0 heterocycles. The molecule has 0 aromatic heterocycles. The third kappa shape index (κ3) is 2.37. The van der Waals surface area contributed by atoms with Gasteiger partial charge in [0.05, 0.1) is 0 Å². The van der Waals surface area contributed by atoms with Gasteiger partial charge in [0.2, 0.25) is 0 Å². The van der Waals surface area contributed by atoms with Crippen LogP contribution < -0.4 is 0 Å². The molecular weight excluding hydrogens is 192 g/mol. The van der Waals surface area contributed by atoms with Crippen LogP contribution in [-0.4, -0.2) is 0 Å². The Labute approximate surface area is 99.4 Å². The fourth-order valence-corrected chi connectivity index (χ4v) is 2.71. The number of hydrogen-bond donors (Lipinski definition) is 0. The molecule has 0 radical (unpaired) electrons. The van der Waals surface area contributed by atoms with E-state index in [1.165, 1.54) is 24.8 Å². The van der Waals surface area contributed by atoms with Crippen molar-refractivity contribution in [1.82, 2.24) is 0 Å². The van der Waals surface area contributed by atoms with E-state index in [0.717, 1.165) is 5.92 Å². The second-order valence-corrected chi connectivity index (χ2v) is 5.37. The highest BCUT2D eigenvalue weighted by atomic mass is 14.3. The summed E-state index contributed by atoms with van der Waals surface area (Å²) in [5.74, 6) is 1.54. The van der Waals surface area contributed by atoms with Crippen LogP contribution in [0, 0.1) is 11.8 Å². The molecule has 1 aliphatic carbocycles. The smallest absolute Gasteiger partial charge is 0.0225 e. The molecule has 0 spiro atoms. The Morgan fingerprint density at radius 2 is 1.81 bits per heavy atom. The van der Waals surface area contributed by atoms with E-state index in [1.54, 1.807) is 11.1 Å². The molecule has 0 amide bonds. The van der Waals surface area contributed by atoms with Crippen LogP contribution in [0.5, 0.6) is 0 Å². The van der Waals surface area contributed by atoms with Crippen LogP contribution in [0.2, 0.25) is 0 Å². The van der Waals surface area contributed by atoms with E-state index in [1.807, 2.05) is 0 Å². The first-order chi connectivity index (χ1) is 7.68. The molecule has 16 heavy (non-hydrogen) atoms. The van der Waals surface area contributed by atoms with Gasteiger partial charge in [-0.25, -0.2) is 0 Å². The average molecular weight is 214 g/mol. The zero-order valence-electron chi connectivity index (χ0n) is 10.7. The quantitative estimate of drug-likeness (QED) is 0.655. The second-order valence-electron chi connectivity index (χ2n) is 5.37. The lowest BCUT2D eigenvalue weighted by molar-refractivity contribution is 0.500. The molecule has 2 rings (SSSR count). The Bertz CT molecular complexity index is 370. The van der Waals surface area contributed by atoms with Gasteiger partial charge in [0.25, 0.3) is 0 Å². The van der Waals surface area contributed by atoms with Crippen molar-refractivity contribution >= 4 is 5.57 Å². The van der Waals surface area contributed by atoms with Crippen LogP contribution in [0.4, 0.5) is 0 Å². The minimum Gasteiger partial charge on any atom is -0.0638 e. The zero-order chi connectivity index (χ0) is 11.5. The molecule has 0 nitrogen and oxygen atoms in total. The van der Waals surface area contributed by atoms with E-state index in [4.69, 9.17) is 0 Å². The summed E-state index contributed by atoms with van der Waals surface area (Å²) >= 11 is 0. The summed E-state index contributed by atoms with van der Waals surface area (Å²) in [7, 11) is 0. The topological polar surface area (TPSA) is 0 Å². The summed E-state index contributed by atoms with van der Waals surface area (Å²) in [6, 6.07) is 10.9. The summed E-state index contributed by atoms with van der Waals surface area (Å²) in [6.07, 6.45) is 3.92. The lowest BCUT2D eigenvalue weighted by Crippen LogP contribution is -2.10. The highest BCUT2D eigenvalue weighted by Crippen LogP contribution is 2.38. The fraction of sp³-hybridized carbons (Fsp3) is 0.500. The minimum absolute atomic E-state index is 0.697. The van der Waals surface area contributed by atoms with Crippen LogP contribution in [-0.2, 0) is 0 Å². The third-order valence-corrected chi connectivity index (χ3v) is 3.67. The predicted molar refractivity (Wildman–Crippen MR) is 71.2 cm³/mol. The van der Waals surface area contributed by atoms with E-state index in [2.05, 4.69) is 51.1 Å². The monoisotopic (exact) mass is 214 g/mol. The normalized spacial score (nSPS) is 21.6.